The molecule has 0 aliphatic carbocycles. The van der Waals surface area contributed by atoms with Crippen LogP contribution < -0.4 is 0 Å². The molecule has 7 heteroatoms. The van der Waals surface area contributed by atoms with Gasteiger partial charge in [0.05, 0.1) is 23.3 Å². The van der Waals surface area contributed by atoms with Crippen molar-refractivity contribution in [3.63, 3.8) is 0 Å². The van der Waals surface area contributed by atoms with Crippen molar-refractivity contribution in [3.05, 3.63) is 29.3 Å². The van der Waals surface area contributed by atoms with Crippen LogP contribution in [0.15, 0.2) is 24.3 Å². The zero-order chi connectivity index (χ0) is 17.1. The Kier molecular flexibility index (Phi) is 5.11. The molecule has 1 aliphatic rings. The van der Waals surface area contributed by atoms with Crippen molar-refractivity contribution in [1.82, 2.24) is 19.7 Å². The van der Waals surface area contributed by atoms with Crippen molar-refractivity contribution in [2.75, 3.05) is 39.8 Å². The predicted molar refractivity (Wildman–Crippen MR) is 94.8 cm³/mol. The van der Waals surface area contributed by atoms with Gasteiger partial charge in [0.1, 0.15) is 5.01 Å². The Bertz CT molecular complexity index is 704. The van der Waals surface area contributed by atoms with Crippen LogP contribution in [0.1, 0.15) is 11.9 Å². The number of benzene rings is 1. The number of carbonyl (C=O) groups is 2. The van der Waals surface area contributed by atoms with Crippen molar-refractivity contribution >= 4 is 33.4 Å². The largest absolute Gasteiger partial charge is 0.339 e. The predicted octanol–water partition coefficient (Wildman–Crippen LogP) is 1.42. The first-order valence-electron chi connectivity index (χ1n) is 8.09. The number of hydrogen-bond acceptors (Lipinski definition) is 5. The van der Waals surface area contributed by atoms with E-state index in [2.05, 4.69) is 11.1 Å². The molecule has 0 unspecified atom stereocenters. The fourth-order valence-corrected chi connectivity index (χ4v) is 3.92. The van der Waals surface area contributed by atoms with Gasteiger partial charge < -0.3 is 9.80 Å². The molecule has 1 aromatic heterocycles. The molecule has 2 aromatic rings. The number of nitrogens with zero attached hydrogens (tertiary/aromatic N) is 4. The minimum Gasteiger partial charge on any atom is -0.339 e. The Labute approximate surface area is 145 Å². The van der Waals surface area contributed by atoms with Crippen LogP contribution in [0.4, 0.5) is 0 Å². The van der Waals surface area contributed by atoms with Crippen LogP contribution in [0.3, 0.4) is 0 Å². The minimum absolute atomic E-state index is 0.0788. The highest BCUT2D eigenvalue weighted by Crippen LogP contribution is 2.22. The zero-order valence-electron chi connectivity index (χ0n) is 14.1. The number of aromatic nitrogens is 1. The van der Waals surface area contributed by atoms with Gasteiger partial charge in [-0.05, 0) is 19.2 Å². The third-order valence-electron chi connectivity index (χ3n) is 4.23. The third-order valence-corrected chi connectivity index (χ3v) is 5.25. The number of carbonyl (C=O) groups excluding carboxylic acids is 2. The zero-order valence-corrected chi connectivity index (χ0v) is 14.9. The standard InChI is InChI=1S/C17H22N4O2S/c1-13(22)20-7-9-21(10-8-20)17(23)12-19(2)11-16-18-14-5-3-4-6-15(14)24-16/h3-6H,7-12H2,1-2H3. The van der Waals surface area contributed by atoms with E-state index in [-0.39, 0.29) is 11.8 Å². The summed E-state index contributed by atoms with van der Waals surface area (Å²) in [7, 11) is 1.94. The number of rotatable bonds is 4. The van der Waals surface area contributed by atoms with Crippen LogP contribution >= 0.6 is 11.3 Å². The first-order chi connectivity index (χ1) is 11.5. The number of amides is 2. The molecule has 0 saturated carbocycles. The van der Waals surface area contributed by atoms with E-state index in [4.69, 9.17) is 0 Å². The van der Waals surface area contributed by atoms with Crippen molar-refractivity contribution < 1.29 is 9.59 Å². The van der Waals surface area contributed by atoms with Gasteiger partial charge >= 0.3 is 0 Å². The van der Waals surface area contributed by atoms with Gasteiger partial charge in [-0.15, -0.1) is 11.3 Å². The summed E-state index contributed by atoms with van der Waals surface area (Å²) < 4.78 is 1.17. The fourth-order valence-electron chi connectivity index (χ4n) is 2.88. The van der Waals surface area contributed by atoms with Gasteiger partial charge in [0.15, 0.2) is 0 Å². The Morgan fingerprint density at radius 2 is 1.83 bits per heavy atom. The van der Waals surface area contributed by atoms with Crippen molar-refractivity contribution in [2.45, 2.75) is 13.5 Å². The first kappa shape index (κ1) is 16.9. The molecule has 0 spiro atoms. The number of fused-ring (bicyclic) bond motifs is 1. The van der Waals surface area contributed by atoms with Gasteiger partial charge in [-0.25, -0.2) is 4.98 Å². The molecule has 6 nitrogen and oxygen atoms in total. The summed E-state index contributed by atoms with van der Waals surface area (Å²) in [5.41, 5.74) is 1.01. The van der Waals surface area contributed by atoms with Crippen molar-refractivity contribution in [1.29, 1.82) is 0 Å². The summed E-state index contributed by atoms with van der Waals surface area (Å²) in [6.07, 6.45) is 0. The second-order valence-electron chi connectivity index (χ2n) is 6.13. The molecule has 0 atom stereocenters. The number of piperazine rings is 1. The topological polar surface area (TPSA) is 56.8 Å². The van der Waals surface area contributed by atoms with Gasteiger partial charge in [0.25, 0.3) is 0 Å². The van der Waals surface area contributed by atoms with E-state index in [9.17, 15) is 9.59 Å². The van der Waals surface area contributed by atoms with Gasteiger partial charge in [-0.2, -0.15) is 0 Å². The Morgan fingerprint density at radius 3 is 2.50 bits per heavy atom. The smallest absolute Gasteiger partial charge is 0.236 e. The lowest BCUT2D eigenvalue weighted by molar-refractivity contribution is -0.139. The molecule has 1 aromatic carbocycles. The molecule has 1 fully saturated rings. The van der Waals surface area contributed by atoms with Gasteiger partial charge in [0, 0.05) is 33.1 Å². The summed E-state index contributed by atoms with van der Waals surface area (Å²) in [5, 5.41) is 1.02. The van der Waals surface area contributed by atoms with Crippen LogP contribution in [0.25, 0.3) is 10.2 Å². The van der Waals surface area contributed by atoms with Crippen LogP contribution in [-0.4, -0.2) is 71.3 Å². The summed E-state index contributed by atoms with van der Waals surface area (Å²) in [6.45, 7) is 5.10. The summed E-state index contributed by atoms with van der Waals surface area (Å²) in [6, 6.07) is 8.07. The third kappa shape index (κ3) is 3.91. The SMILES string of the molecule is CC(=O)N1CCN(C(=O)CN(C)Cc2nc3ccccc3s2)CC1. The molecule has 2 heterocycles. The summed E-state index contributed by atoms with van der Waals surface area (Å²) in [4.78, 5) is 34.0. The summed E-state index contributed by atoms with van der Waals surface area (Å²) >= 11 is 1.67. The molecule has 0 N–H and O–H groups in total. The molecule has 1 aliphatic heterocycles. The van der Waals surface area contributed by atoms with Crippen LogP contribution in [0, 0.1) is 0 Å². The molecule has 1 saturated heterocycles. The molecule has 24 heavy (non-hydrogen) atoms. The molecule has 3 rings (SSSR count). The molecular weight excluding hydrogens is 324 g/mol. The van der Waals surface area contributed by atoms with Gasteiger partial charge in [-0.3, -0.25) is 14.5 Å². The highest BCUT2D eigenvalue weighted by molar-refractivity contribution is 7.18. The molecule has 0 radical (unpaired) electrons. The van der Waals surface area contributed by atoms with Crippen LogP contribution in [0.5, 0.6) is 0 Å². The molecule has 2 amide bonds. The van der Waals surface area contributed by atoms with Crippen molar-refractivity contribution in [2.24, 2.45) is 0 Å². The maximum absolute atomic E-state index is 12.4. The fraction of sp³-hybridized carbons (Fsp3) is 0.471. The summed E-state index contributed by atoms with van der Waals surface area (Å²) in [5.74, 6) is 0.192. The number of likely N-dealkylation sites (N-methyl/N-ethyl adjacent to an activating group) is 1. The van der Waals surface area contributed by atoms with Gasteiger partial charge in [-0.1, -0.05) is 12.1 Å². The maximum atomic E-state index is 12.4. The lowest BCUT2D eigenvalue weighted by Crippen LogP contribution is -2.51. The first-order valence-corrected chi connectivity index (χ1v) is 8.91. The van der Waals surface area contributed by atoms with Crippen molar-refractivity contribution in [3.8, 4) is 0 Å². The van der Waals surface area contributed by atoms with E-state index in [0.29, 0.717) is 39.3 Å². The Morgan fingerprint density at radius 1 is 1.17 bits per heavy atom. The van der Waals surface area contributed by atoms with E-state index >= 15 is 0 Å². The number of hydrogen-bond donors (Lipinski definition) is 0. The quantitative estimate of drug-likeness (QED) is 0.840. The average Bonchev–Trinajstić information content (AvgIpc) is 2.96. The minimum atomic E-state index is 0.0788. The van der Waals surface area contributed by atoms with E-state index < -0.39 is 0 Å². The molecular formula is C17H22N4O2S. The van der Waals surface area contributed by atoms with Gasteiger partial charge in [0.2, 0.25) is 11.8 Å². The highest BCUT2D eigenvalue weighted by atomic mass is 32.1. The average molecular weight is 346 g/mol. The van der Waals surface area contributed by atoms with E-state index in [1.807, 2.05) is 35.0 Å². The second-order valence-corrected chi connectivity index (χ2v) is 7.25. The number of thiazole rings is 1. The monoisotopic (exact) mass is 346 g/mol. The Balaban J connectivity index is 1.52. The Hall–Kier alpha value is -1.99. The number of para-hydroxylation sites is 1. The van der Waals surface area contributed by atoms with E-state index in [1.165, 1.54) is 4.70 Å². The molecule has 128 valence electrons. The van der Waals surface area contributed by atoms with Crippen LogP contribution in [-0.2, 0) is 16.1 Å². The van der Waals surface area contributed by atoms with E-state index in [0.717, 1.165) is 10.5 Å². The second kappa shape index (κ2) is 7.27. The lowest BCUT2D eigenvalue weighted by atomic mass is 10.3. The normalized spacial score (nSPS) is 15.3. The maximum Gasteiger partial charge on any atom is 0.236 e. The van der Waals surface area contributed by atoms with E-state index in [1.54, 1.807) is 23.2 Å². The lowest BCUT2D eigenvalue weighted by Gasteiger charge is -2.35. The highest BCUT2D eigenvalue weighted by Gasteiger charge is 2.23. The van der Waals surface area contributed by atoms with Crippen LogP contribution in [0.2, 0.25) is 0 Å². The molecule has 0 bridgehead atoms.